The first-order valence-electron chi connectivity index (χ1n) is 11.1. The predicted molar refractivity (Wildman–Crippen MR) is 136 cm³/mol. The third-order valence-electron chi connectivity index (χ3n) is 5.10. The van der Waals surface area contributed by atoms with Crippen molar-refractivity contribution >= 4 is 29.3 Å². The number of carbonyl (C=O) groups excluding carboxylic acids is 2. The lowest BCUT2D eigenvalue weighted by molar-refractivity contribution is -0.118. The molecule has 178 valence electrons. The topological polar surface area (TPSA) is 100 Å². The molecule has 3 rings (SSSR count). The number of nitriles is 1. The van der Waals surface area contributed by atoms with Crippen LogP contribution in [0.15, 0.2) is 72.3 Å². The van der Waals surface area contributed by atoms with Gasteiger partial charge in [-0.15, -0.1) is 0 Å². The summed E-state index contributed by atoms with van der Waals surface area (Å²) in [6.07, 6.45) is 1.46. The van der Waals surface area contributed by atoms with Crippen molar-refractivity contribution in [1.29, 1.82) is 5.26 Å². The van der Waals surface area contributed by atoms with Crippen LogP contribution in [0.4, 0.5) is 11.4 Å². The fourth-order valence-electron chi connectivity index (χ4n) is 3.20. The van der Waals surface area contributed by atoms with Gasteiger partial charge in [0, 0.05) is 17.4 Å². The van der Waals surface area contributed by atoms with Gasteiger partial charge in [0.25, 0.3) is 11.8 Å². The third kappa shape index (κ3) is 7.47. The maximum atomic E-state index is 12.6. The Bertz CT molecular complexity index is 1290. The first-order valence-corrected chi connectivity index (χ1v) is 11.1. The van der Waals surface area contributed by atoms with Crippen molar-refractivity contribution < 1.29 is 19.1 Å². The summed E-state index contributed by atoms with van der Waals surface area (Å²) in [5.74, 6) is 0.232. The number of hydrogen-bond acceptors (Lipinski definition) is 5. The summed E-state index contributed by atoms with van der Waals surface area (Å²) in [7, 11) is 0. The molecule has 0 heterocycles. The Morgan fingerprint density at radius 1 is 0.886 bits per heavy atom. The van der Waals surface area contributed by atoms with Crippen molar-refractivity contribution in [1.82, 2.24) is 0 Å². The molecule has 0 aromatic heterocycles. The van der Waals surface area contributed by atoms with Crippen molar-refractivity contribution in [3.63, 3.8) is 0 Å². The molecule has 0 spiro atoms. The van der Waals surface area contributed by atoms with Crippen molar-refractivity contribution in [2.24, 2.45) is 0 Å². The number of rotatable bonds is 9. The van der Waals surface area contributed by atoms with Gasteiger partial charge in [0.05, 0.1) is 6.61 Å². The number of anilines is 2. The number of ether oxygens (including phenoxy) is 2. The molecule has 7 heteroatoms. The molecule has 2 amide bonds. The fourth-order valence-corrected chi connectivity index (χ4v) is 3.20. The van der Waals surface area contributed by atoms with E-state index in [1.807, 2.05) is 45.0 Å². The second kappa shape index (κ2) is 12.1. The molecule has 0 atom stereocenters. The highest BCUT2D eigenvalue weighted by molar-refractivity contribution is 6.09. The van der Waals surface area contributed by atoms with Crippen molar-refractivity contribution in [2.75, 3.05) is 23.8 Å². The van der Waals surface area contributed by atoms with Crippen molar-refractivity contribution in [2.45, 2.75) is 20.8 Å². The monoisotopic (exact) mass is 469 g/mol. The van der Waals surface area contributed by atoms with Crippen LogP contribution >= 0.6 is 0 Å². The minimum absolute atomic E-state index is 0.0727. The van der Waals surface area contributed by atoms with E-state index in [4.69, 9.17) is 9.47 Å². The lowest BCUT2D eigenvalue weighted by atomic mass is 10.1. The van der Waals surface area contributed by atoms with Crippen molar-refractivity contribution in [3.05, 3.63) is 89.0 Å². The van der Waals surface area contributed by atoms with Gasteiger partial charge in [-0.25, -0.2) is 0 Å². The van der Waals surface area contributed by atoms with Gasteiger partial charge >= 0.3 is 0 Å². The highest BCUT2D eigenvalue weighted by Crippen LogP contribution is 2.20. The smallest absolute Gasteiger partial charge is 0.266 e. The number of carbonyl (C=O) groups is 2. The zero-order valence-electron chi connectivity index (χ0n) is 19.9. The molecule has 3 aromatic rings. The summed E-state index contributed by atoms with van der Waals surface area (Å²) >= 11 is 0. The van der Waals surface area contributed by atoms with Gasteiger partial charge in [0.15, 0.2) is 6.61 Å². The second-order valence-corrected chi connectivity index (χ2v) is 7.79. The highest BCUT2D eigenvalue weighted by Gasteiger charge is 2.11. The molecule has 0 aliphatic carbocycles. The van der Waals surface area contributed by atoms with E-state index in [1.165, 1.54) is 6.08 Å². The lowest BCUT2D eigenvalue weighted by Gasteiger charge is -2.10. The minimum Gasteiger partial charge on any atom is -0.494 e. The van der Waals surface area contributed by atoms with E-state index in [2.05, 4.69) is 10.6 Å². The number of nitrogens with one attached hydrogen (secondary N) is 2. The standard InChI is InChI=1S/C28H27N3O4/c1-4-34-26-10-6-8-23(16-26)31-28(33)22(17-29)14-21-7-5-9-25(15-21)35-18-27(32)30-24-12-11-19(2)20(3)13-24/h5-16H,4,18H2,1-3H3,(H,30,32)(H,31,33)/b22-14-. The molecular formula is C28H27N3O4. The summed E-state index contributed by atoms with van der Waals surface area (Å²) in [6.45, 7) is 6.19. The van der Waals surface area contributed by atoms with Crippen LogP contribution in [0.2, 0.25) is 0 Å². The SMILES string of the molecule is CCOc1cccc(NC(=O)/C(C#N)=C\c2cccc(OCC(=O)Nc3ccc(C)c(C)c3)c2)c1. The van der Waals surface area contributed by atoms with Crippen LogP contribution in [-0.4, -0.2) is 25.0 Å². The summed E-state index contributed by atoms with van der Waals surface area (Å²) in [6, 6.07) is 21.4. The molecular weight excluding hydrogens is 442 g/mol. The van der Waals surface area contributed by atoms with Crippen LogP contribution < -0.4 is 20.1 Å². The van der Waals surface area contributed by atoms with Crippen LogP contribution in [0.3, 0.4) is 0 Å². The molecule has 0 aliphatic rings. The minimum atomic E-state index is -0.541. The van der Waals surface area contributed by atoms with E-state index in [9.17, 15) is 14.9 Å². The summed E-state index contributed by atoms with van der Waals surface area (Å²) in [4.78, 5) is 24.9. The summed E-state index contributed by atoms with van der Waals surface area (Å²) < 4.78 is 11.0. The number of nitrogens with zero attached hydrogens (tertiary/aromatic N) is 1. The van der Waals surface area contributed by atoms with Crippen LogP contribution in [0.5, 0.6) is 11.5 Å². The number of hydrogen-bond donors (Lipinski definition) is 2. The number of aryl methyl sites for hydroxylation is 2. The molecule has 0 bridgehead atoms. The van der Waals surface area contributed by atoms with Gasteiger partial charge in [-0.2, -0.15) is 5.26 Å². The van der Waals surface area contributed by atoms with Gasteiger partial charge in [-0.1, -0.05) is 24.3 Å². The molecule has 0 fully saturated rings. The molecule has 35 heavy (non-hydrogen) atoms. The first-order chi connectivity index (χ1) is 16.9. The second-order valence-electron chi connectivity index (χ2n) is 7.79. The predicted octanol–water partition coefficient (Wildman–Crippen LogP) is 5.27. The van der Waals surface area contributed by atoms with E-state index >= 15 is 0 Å². The van der Waals surface area contributed by atoms with E-state index in [0.717, 1.165) is 11.1 Å². The molecule has 0 saturated carbocycles. The molecule has 3 aromatic carbocycles. The Labute approximate surface area is 205 Å². The summed E-state index contributed by atoms with van der Waals surface area (Å²) in [5.41, 5.74) is 3.98. The zero-order chi connectivity index (χ0) is 25.2. The molecule has 0 saturated heterocycles. The summed E-state index contributed by atoms with van der Waals surface area (Å²) in [5, 5.41) is 15.0. The normalized spacial score (nSPS) is 10.7. The van der Waals surface area contributed by atoms with Gasteiger partial charge in [-0.3, -0.25) is 9.59 Å². The van der Waals surface area contributed by atoms with Gasteiger partial charge in [0.1, 0.15) is 23.1 Å². The van der Waals surface area contributed by atoms with Crippen molar-refractivity contribution in [3.8, 4) is 17.6 Å². The molecule has 0 radical (unpaired) electrons. The van der Waals surface area contributed by atoms with E-state index in [0.29, 0.717) is 35.0 Å². The number of benzene rings is 3. The highest BCUT2D eigenvalue weighted by atomic mass is 16.5. The van der Waals surface area contributed by atoms with E-state index in [1.54, 1.807) is 48.5 Å². The van der Waals surface area contributed by atoms with Gasteiger partial charge < -0.3 is 20.1 Å². The quantitative estimate of drug-likeness (QED) is 0.329. The number of amides is 2. The van der Waals surface area contributed by atoms with E-state index < -0.39 is 5.91 Å². The van der Waals surface area contributed by atoms with E-state index in [-0.39, 0.29) is 18.1 Å². The Balaban J connectivity index is 1.63. The first kappa shape index (κ1) is 25.1. The largest absolute Gasteiger partial charge is 0.494 e. The van der Waals surface area contributed by atoms with Crippen LogP contribution in [0.1, 0.15) is 23.6 Å². The maximum absolute atomic E-state index is 12.6. The average Bonchev–Trinajstić information content (AvgIpc) is 2.84. The molecule has 0 aliphatic heterocycles. The molecule has 7 nitrogen and oxygen atoms in total. The lowest BCUT2D eigenvalue weighted by Crippen LogP contribution is -2.20. The molecule has 0 unspecified atom stereocenters. The Kier molecular flexibility index (Phi) is 8.63. The fraction of sp³-hybridized carbons (Fsp3) is 0.179. The Hall–Kier alpha value is -4.57. The van der Waals surface area contributed by atoms with Crippen LogP contribution in [-0.2, 0) is 9.59 Å². The maximum Gasteiger partial charge on any atom is 0.266 e. The Morgan fingerprint density at radius 2 is 1.60 bits per heavy atom. The van der Waals surface area contributed by atoms with Crippen LogP contribution in [0.25, 0.3) is 6.08 Å². The zero-order valence-corrected chi connectivity index (χ0v) is 19.9. The Morgan fingerprint density at radius 3 is 2.31 bits per heavy atom. The molecule has 2 N–H and O–H groups in total. The van der Waals surface area contributed by atoms with Gasteiger partial charge in [-0.05, 0) is 79.9 Å². The third-order valence-corrected chi connectivity index (χ3v) is 5.10. The van der Waals surface area contributed by atoms with Gasteiger partial charge in [0.2, 0.25) is 0 Å². The average molecular weight is 470 g/mol. The van der Waals surface area contributed by atoms with Crippen LogP contribution in [0, 0.1) is 25.2 Å².